The minimum Gasteiger partial charge on any atom is -0.495 e. The lowest BCUT2D eigenvalue weighted by molar-refractivity contribution is -0.119. The van der Waals surface area contributed by atoms with Gasteiger partial charge in [-0.3, -0.25) is 4.79 Å². The number of nitrogens with two attached hydrogens (primary N) is 1. The molecule has 1 heterocycles. The van der Waals surface area contributed by atoms with Gasteiger partial charge in [0.15, 0.2) is 0 Å². The molecule has 0 aromatic heterocycles. The second kappa shape index (κ2) is 4.95. The highest BCUT2D eigenvalue weighted by Crippen LogP contribution is 2.25. The maximum Gasteiger partial charge on any atom is 0.220 e. The van der Waals surface area contributed by atoms with E-state index in [1.54, 1.807) is 13.2 Å². The first-order valence-electron chi connectivity index (χ1n) is 5.66. The molecule has 92 valence electrons. The van der Waals surface area contributed by atoms with Crippen LogP contribution in [0.1, 0.15) is 12.8 Å². The number of benzene rings is 1. The highest BCUT2D eigenvalue weighted by atomic mass is 16.5. The molecule has 0 aliphatic carbocycles. The minimum atomic E-state index is 0.131. The zero-order valence-electron chi connectivity index (χ0n) is 9.82. The summed E-state index contributed by atoms with van der Waals surface area (Å²) in [4.78, 5) is 11.0. The van der Waals surface area contributed by atoms with Crippen molar-refractivity contribution in [1.82, 2.24) is 5.32 Å². The van der Waals surface area contributed by atoms with E-state index in [4.69, 9.17) is 10.5 Å². The van der Waals surface area contributed by atoms with Crippen LogP contribution in [0.2, 0.25) is 0 Å². The van der Waals surface area contributed by atoms with Gasteiger partial charge in [0.1, 0.15) is 5.75 Å². The number of anilines is 2. The van der Waals surface area contributed by atoms with E-state index < -0.39 is 0 Å². The smallest absolute Gasteiger partial charge is 0.220 e. The molecule has 1 saturated heterocycles. The Bertz CT molecular complexity index is 420. The first-order valence-corrected chi connectivity index (χ1v) is 5.66. The van der Waals surface area contributed by atoms with Crippen molar-refractivity contribution in [1.29, 1.82) is 0 Å². The third kappa shape index (κ3) is 2.81. The summed E-state index contributed by atoms with van der Waals surface area (Å²) in [5.41, 5.74) is 7.29. The van der Waals surface area contributed by atoms with Gasteiger partial charge >= 0.3 is 0 Å². The van der Waals surface area contributed by atoms with Crippen LogP contribution in [-0.4, -0.2) is 25.6 Å². The van der Waals surface area contributed by atoms with Crippen LogP contribution in [0.3, 0.4) is 0 Å². The van der Waals surface area contributed by atoms with E-state index in [0.717, 1.165) is 18.7 Å². The predicted octanol–water partition coefficient (Wildman–Crippen LogP) is 0.968. The summed E-state index contributed by atoms with van der Waals surface area (Å²) in [6, 6.07) is 5.76. The number of carbonyl (C=O) groups excluding carboxylic acids is 1. The van der Waals surface area contributed by atoms with Gasteiger partial charge in [-0.15, -0.1) is 0 Å². The quantitative estimate of drug-likeness (QED) is 0.680. The number of carbonyl (C=O) groups is 1. The molecule has 2 rings (SSSR count). The van der Waals surface area contributed by atoms with Crippen LogP contribution in [0, 0.1) is 0 Å². The number of methoxy groups -OCH3 is 1. The Morgan fingerprint density at radius 1 is 1.59 bits per heavy atom. The van der Waals surface area contributed by atoms with Gasteiger partial charge in [-0.05, 0) is 18.6 Å². The van der Waals surface area contributed by atoms with Gasteiger partial charge in [0.05, 0.1) is 12.8 Å². The molecule has 4 N–H and O–H groups in total. The molecule has 1 unspecified atom stereocenters. The van der Waals surface area contributed by atoms with E-state index in [-0.39, 0.29) is 11.9 Å². The number of hydrogen-bond donors (Lipinski definition) is 3. The van der Waals surface area contributed by atoms with E-state index in [1.807, 2.05) is 12.1 Å². The summed E-state index contributed by atoms with van der Waals surface area (Å²) in [6.45, 7) is 0.721. The van der Waals surface area contributed by atoms with Crippen molar-refractivity contribution in [2.45, 2.75) is 18.9 Å². The number of nitrogens with one attached hydrogen (secondary N) is 2. The van der Waals surface area contributed by atoms with Crippen molar-refractivity contribution < 1.29 is 9.53 Å². The van der Waals surface area contributed by atoms with E-state index in [1.165, 1.54) is 0 Å². The SMILES string of the molecule is COc1cc(NCC2CCC(=O)N2)ccc1N. The molecule has 1 aromatic carbocycles. The molecular formula is C12H17N3O2. The summed E-state index contributed by atoms with van der Waals surface area (Å²) in [6.07, 6.45) is 1.51. The van der Waals surface area contributed by atoms with Crippen molar-refractivity contribution in [2.75, 3.05) is 24.7 Å². The summed E-state index contributed by atoms with van der Waals surface area (Å²) in [5, 5.41) is 6.17. The van der Waals surface area contributed by atoms with Gasteiger partial charge < -0.3 is 21.1 Å². The summed E-state index contributed by atoms with van der Waals surface area (Å²) < 4.78 is 5.14. The fourth-order valence-electron chi connectivity index (χ4n) is 1.89. The Balaban J connectivity index is 1.92. The lowest BCUT2D eigenvalue weighted by atomic mass is 10.2. The molecule has 0 radical (unpaired) electrons. The average molecular weight is 235 g/mol. The van der Waals surface area contributed by atoms with Crippen molar-refractivity contribution in [3.05, 3.63) is 18.2 Å². The second-order valence-electron chi connectivity index (χ2n) is 4.14. The Hall–Kier alpha value is -1.91. The van der Waals surface area contributed by atoms with Crippen molar-refractivity contribution >= 4 is 17.3 Å². The predicted molar refractivity (Wildman–Crippen MR) is 67.1 cm³/mol. The van der Waals surface area contributed by atoms with Crippen LogP contribution in [0.5, 0.6) is 5.75 Å². The number of amides is 1. The van der Waals surface area contributed by atoms with Gasteiger partial charge in [0.2, 0.25) is 5.91 Å². The topological polar surface area (TPSA) is 76.4 Å². The van der Waals surface area contributed by atoms with E-state index in [9.17, 15) is 4.79 Å². The molecule has 0 saturated carbocycles. The van der Waals surface area contributed by atoms with Crippen molar-refractivity contribution in [3.8, 4) is 5.75 Å². The zero-order chi connectivity index (χ0) is 12.3. The lowest BCUT2D eigenvalue weighted by Gasteiger charge is -2.13. The Labute approximate surface area is 100 Å². The molecule has 5 nitrogen and oxygen atoms in total. The van der Waals surface area contributed by atoms with Gasteiger partial charge in [-0.2, -0.15) is 0 Å². The maximum atomic E-state index is 11.0. The molecule has 17 heavy (non-hydrogen) atoms. The van der Waals surface area contributed by atoms with Gasteiger partial charge in [-0.1, -0.05) is 0 Å². The molecule has 1 atom stereocenters. The summed E-state index contributed by atoms with van der Waals surface area (Å²) in [7, 11) is 1.59. The fourth-order valence-corrected chi connectivity index (χ4v) is 1.89. The van der Waals surface area contributed by atoms with Crippen LogP contribution in [-0.2, 0) is 4.79 Å². The molecule has 0 bridgehead atoms. The standard InChI is InChI=1S/C12H17N3O2/c1-17-11-6-8(2-4-10(11)13)14-7-9-3-5-12(16)15-9/h2,4,6,9,14H,3,5,7,13H2,1H3,(H,15,16). The molecule has 1 fully saturated rings. The Kier molecular flexibility index (Phi) is 3.37. The normalized spacial score (nSPS) is 18.9. The number of nitrogen functional groups attached to an aromatic ring is 1. The van der Waals surface area contributed by atoms with E-state index in [2.05, 4.69) is 10.6 Å². The summed E-state index contributed by atoms with van der Waals surface area (Å²) in [5.74, 6) is 0.789. The average Bonchev–Trinajstić information content (AvgIpc) is 2.74. The highest BCUT2D eigenvalue weighted by molar-refractivity contribution is 5.78. The molecule has 1 aliphatic rings. The molecule has 1 aliphatic heterocycles. The fraction of sp³-hybridized carbons (Fsp3) is 0.417. The van der Waals surface area contributed by atoms with Crippen LogP contribution in [0.4, 0.5) is 11.4 Å². The van der Waals surface area contributed by atoms with E-state index >= 15 is 0 Å². The third-order valence-electron chi connectivity index (χ3n) is 2.87. The molecule has 0 spiro atoms. The second-order valence-corrected chi connectivity index (χ2v) is 4.14. The van der Waals surface area contributed by atoms with Crippen LogP contribution >= 0.6 is 0 Å². The van der Waals surface area contributed by atoms with Crippen LogP contribution in [0.15, 0.2) is 18.2 Å². The number of ether oxygens (including phenoxy) is 1. The first kappa shape index (κ1) is 11.6. The number of hydrogen-bond acceptors (Lipinski definition) is 4. The van der Waals surface area contributed by atoms with Crippen molar-refractivity contribution in [2.24, 2.45) is 0 Å². The summed E-state index contributed by atoms with van der Waals surface area (Å²) >= 11 is 0. The van der Waals surface area contributed by atoms with E-state index in [0.29, 0.717) is 17.9 Å². The molecule has 1 aromatic rings. The van der Waals surface area contributed by atoms with Gasteiger partial charge in [0, 0.05) is 30.8 Å². The van der Waals surface area contributed by atoms with Crippen LogP contribution in [0.25, 0.3) is 0 Å². The monoisotopic (exact) mass is 235 g/mol. The van der Waals surface area contributed by atoms with Crippen molar-refractivity contribution in [3.63, 3.8) is 0 Å². The first-order chi connectivity index (χ1) is 8.19. The highest BCUT2D eigenvalue weighted by Gasteiger charge is 2.20. The zero-order valence-corrected chi connectivity index (χ0v) is 9.82. The lowest BCUT2D eigenvalue weighted by Crippen LogP contribution is -2.31. The molecule has 5 heteroatoms. The van der Waals surface area contributed by atoms with Gasteiger partial charge in [-0.25, -0.2) is 0 Å². The maximum absolute atomic E-state index is 11.0. The molecular weight excluding hydrogens is 218 g/mol. The molecule has 1 amide bonds. The Morgan fingerprint density at radius 2 is 2.41 bits per heavy atom. The minimum absolute atomic E-state index is 0.131. The van der Waals surface area contributed by atoms with Gasteiger partial charge in [0.25, 0.3) is 0 Å². The third-order valence-corrected chi connectivity index (χ3v) is 2.87. The Morgan fingerprint density at radius 3 is 3.06 bits per heavy atom. The largest absolute Gasteiger partial charge is 0.495 e. The number of rotatable bonds is 4. The van der Waals surface area contributed by atoms with Crippen LogP contribution < -0.4 is 21.1 Å².